The molecule has 0 aliphatic rings. The van der Waals surface area contributed by atoms with Gasteiger partial charge in [0.05, 0.1) is 4.47 Å². The lowest BCUT2D eigenvalue weighted by Gasteiger charge is -2.25. The van der Waals surface area contributed by atoms with Gasteiger partial charge in [0, 0.05) is 21.7 Å². The van der Waals surface area contributed by atoms with Gasteiger partial charge in [0.25, 0.3) is 5.91 Å². The predicted molar refractivity (Wildman–Crippen MR) is 122 cm³/mol. The van der Waals surface area contributed by atoms with Gasteiger partial charge in [-0.1, -0.05) is 47.1 Å². The van der Waals surface area contributed by atoms with Gasteiger partial charge in [0.2, 0.25) is 0 Å². The Hall–Kier alpha value is -2.65. The number of allylic oxidation sites excluding steroid dienone is 1. The highest BCUT2D eigenvalue weighted by atomic mass is 79.9. The minimum absolute atomic E-state index is 0.0942. The van der Waals surface area contributed by atoms with E-state index in [1.54, 1.807) is 49.4 Å². The number of phenolic OH excluding ortho intramolecular Hbond substituents is 1. The molecule has 31 heavy (non-hydrogen) atoms. The van der Waals surface area contributed by atoms with Crippen LogP contribution in [-0.4, -0.2) is 28.2 Å². The van der Waals surface area contributed by atoms with E-state index in [0.29, 0.717) is 32.9 Å². The fraction of sp³-hybridized carbons (Fsp3) is 0.227. The minimum atomic E-state index is -1.05. The Morgan fingerprint density at radius 1 is 1.16 bits per heavy atom. The molecule has 2 amide bonds. The zero-order valence-corrected chi connectivity index (χ0v) is 19.7. The van der Waals surface area contributed by atoms with Gasteiger partial charge in [0.1, 0.15) is 11.9 Å². The maximum Gasteiger partial charge on any atom is 0.414 e. The van der Waals surface area contributed by atoms with Crippen LogP contribution in [0, 0.1) is 5.92 Å². The van der Waals surface area contributed by atoms with Crippen LogP contribution in [0.25, 0.3) is 0 Å². The molecule has 0 radical (unpaired) electrons. The van der Waals surface area contributed by atoms with Crippen LogP contribution < -0.4 is 5.32 Å². The number of imide groups is 1. The number of carbonyl (C=O) groups excluding carboxylic acids is 2. The summed E-state index contributed by atoms with van der Waals surface area (Å²) in [5.74, 6) is -2.06. The second-order valence-electron chi connectivity index (χ2n) is 6.77. The molecule has 7 nitrogen and oxygen atoms in total. The number of halogens is 2. The molecule has 0 unspecified atom stereocenters. The second kappa shape index (κ2) is 11.7. The van der Waals surface area contributed by atoms with Gasteiger partial charge in [-0.2, -0.15) is 0 Å². The minimum Gasteiger partial charge on any atom is -0.506 e. The summed E-state index contributed by atoms with van der Waals surface area (Å²) in [5, 5.41) is 21.4. The van der Waals surface area contributed by atoms with Gasteiger partial charge in [-0.25, -0.2) is 9.59 Å². The summed E-state index contributed by atoms with van der Waals surface area (Å²) in [5.41, 5.74) is 0.647. The van der Waals surface area contributed by atoms with E-state index < -0.39 is 24.1 Å². The molecule has 0 saturated heterocycles. The molecule has 2 atom stereocenters. The Kier molecular flexibility index (Phi) is 9.26. The van der Waals surface area contributed by atoms with Crippen LogP contribution in [0.3, 0.4) is 0 Å². The van der Waals surface area contributed by atoms with Crippen LogP contribution in [0.1, 0.15) is 41.8 Å². The van der Waals surface area contributed by atoms with E-state index in [1.807, 2.05) is 0 Å². The van der Waals surface area contributed by atoms with Gasteiger partial charge >= 0.3 is 12.1 Å². The third-order valence-electron chi connectivity index (χ3n) is 4.42. The smallest absolute Gasteiger partial charge is 0.414 e. The Morgan fingerprint density at radius 3 is 2.48 bits per heavy atom. The maximum absolute atomic E-state index is 12.5. The fourth-order valence-electron chi connectivity index (χ4n) is 2.88. The molecule has 2 aromatic carbocycles. The second-order valence-corrected chi connectivity index (χ2v) is 8.54. The van der Waals surface area contributed by atoms with Crippen molar-refractivity contribution in [1.29, 1.82) is 0 Å². The number of hydrogen-bond acceptors (Lipinski definition) is 5. The van der Waals surface area contributed by atoms with Crippen molar-refractivity contribution in [3.63, 3.8) is 0 Å². The van der Waals surface area contributed by atoms with E-state index in [4.69, 9.17) is 9.84 Å². The molecule has 0 spiro atoms. The van der Waals surface area contributed by atoms with Crippen molar-refractivity contribution in [2.24, 2.45) is 5.92 Å². The maximum atomic E-state index is 12.5. The summed E-state index contributed by atoms with van der Waals surface area (Å²) < 4.78 is 6.61. The normalized spacial score (nSPS) is 12.9. The van der Waals surface area contributed by atoms with E-state index in [0.717, 1.165) is 6.08 Å². The summed E-state index contributed by atoms with van der Waals surface area (Å²) in [6.07, 6.45) is 1.59. The van der Waals surface area contributed by atoms with E-state index in [2.05, 4.69) is 37.2 Å². The third kappa shape index (κ3) is 7.52. The number of aliphatic carboxylic acids is 1. The number of carbonyl (C=O) groups is 3. The first-order valence-electron chi connectivity index (χ1n) is 9.33. The number of nitrogens with one attached hydrogen (secondary N) is 1. The largest absolute Gasteiger partial charge is 0.506 e. The first kappa shape index (κ1) is 24.6. The van der Waals surface area contributed by atoms with Crippen molar-refractivity contribution in [1.82, 2.24) is 5.32 Å². The Morgan fingerprint density at radius 2 is 1.84 bits per heavy atom. The molecule has 0 heterocycles. The molecule has 0 aliphatic carbocycles. The van der Waals surface area contributed by atoms with Crippen LogP contribution in [0.5, 0.6) is 5.75 Å². The summed E-state index contributed by atoms with van der Waals surface area (Å²) in [4.78, 5) is 35.4. The van der Waals surface area contributed by atoms with Gasteiger partial charge in [-0.15, -0.1) is 0 Å². The van der Waals surface area contributed by atoms with Crippen LogP contribution in [0.15, 0.2) is 63.6 Å². The molecule has 0 saturated carbocycles. The SMILES string of the molecule is C[C@@H](CC/C=C/C(=O)O)[C@@H](OC(=O)NC(=O)c1ccccc1)c1cc(Br)cc(Br)c1O. The lowest BCUT2D eigenvalue weighted by molar-refractivity contribution is -0.131. The molecule has 164 valence electrons. The Bertz CT molecular complexity index is 977. The third-order valence-corrected chi connectivity index (χ3v) is 5.48. The number of phenols is 1. The van der Waals surface area contributed by atoms with Crippen molar-refractivity contribution in [3.8, 4) is 5.75 Å². The molecular weight excluding hydrogens is 534 g/mol. The number of aromatic hydroxyl groups is 1. The first-order valence-corrected chi connectivity index (χ1v) is 10.9. The number of benzene rings is 2. The van der Waals surface area contributed by atoms with Crippen molar-refractivity contribution in [2.45, 2.75) is 25.9 Å². The molecule has 0 aromatic heterocycles. The molecule has 0 fully saturated rings. The molecule has 0 aliphatic heterocycles. The molecular formula is C22H21Br2NO6. The topological polar surface area (TPSA) is 113 Å². The summed E-state index contributed by atoms with van der Waals surface area (Å²) in [6, 6.07) is 11.5. The standard InChI is InChI=1S/C22H21Br2NO6/c1-13(7-5-6-10-18(26)27)20(16-11-15(23)12-17(24)19(16)28)31-22(30)25-21(29)14-8-3-2-4-9-14/h2-4,6,8-13,20,28H,5,7H2,1H3,(H,26,27)(H,25,29,30)/b10-6+/t13-,20+/m0/s1. The lowest BCUT2D eigenvalue weighted by atomic mass is 9.92. The van der Waals surface area contributed by atoms with Gasteiger partial charge < -0.3 is 14.9 Å². The highest BCUT2D eigenvalue weighted by Crippen LogP contribution is 2.40. The zero-order valence-electron chi connectivity index (χ0n) is 16.5. The molecule has 9 heteroatoms. The molecule has 2 aromatic rings. The van der Waals surface area contributed by atoms with Gasteiger partial charge in [-0.05, 0) is 59.0 Å². The van der Waals surface area contributed by atoms with Crippen LogP contribution >= 0.6 is 31.9 Å². The van der Waals surface area contributed by atoms with E-state index in [-0.39, 0.29) is 11.7 Å². The van der Waals surface area contributed by atoms with Crippen LogP contribution in [-0.2, 0) is 9.53 Å². The fourth-order valence-corrected chi connectivity index (χ4v) is 4.14. The van der Waals surface area contributed by atoms with E-state index >= 15 is 0 Å². The summed E-state index contributed by atoms with van der Waals surface area (Å²) >= 11 is 6.62. The van der Waals surface area contributed by atoms with Crippen LogP contribution in [0.4, 0.5) is 4.79 Å². The first-order chi connectivity index (χ1) is 14.7. The summed E-state index contributed by atoms with van der Waals surface area (Å²) in [7, 11) is 0. The molecule has 0 bridgehead atoms. The Labute approximate surface area is 196 Å². The average molecular weight is 555 g/mol. The average Bonchev–Trinajstić information content (AvgIpc) is 2.72. The summed E-state index contributed by atoms with van der Waals surface area (Å²) in [6.45, 7) is 1.81. The molecule has 3 N–H and O–H groups in total. The molecule has 2 rings (SSSR count). The monoisotopic (exact) mass is 553 g/mol. The predicted octanol–water partition coefficient (Wildman–Crippen LogP) is 5.58. The quantitative estimate of drug-likeness (QED) is 0.367. The van der Waals surface area contributed by atoms with E-state index in [9.17, 15) is 19.5 Å². The number of amides is 2. The van der Waals surface area contributed by atoms with Crippen molar-refractivity contribution in [2.75, 3.05) is 0 Å². The number of hydrogen-bond donors (Lipinski definition) is 3. The van der Waals surface area contributed by atoms with Crippen LogP contribution in [0.2, 0.25) is 0 Å². The number of carboxylic acid groups (broad SMARTS) is 1. The van der Waals surface area contributed by atoms with E-state index in [1.165, 1.54) is 6.08 Å². The lowest BCUT2D eigenvalue weighted by Crippen LogP contribution is -2.33. The Balaban J connectivity index is 2.22. The highest BCUT2D eigenvalue weighted by Gasteiger charge is 2.28. The highest BCUT2D eigenvalue weighted by molar-refractivity contribution is 9.11. The number of alkyl carbamates (subject to hydrolysis) is 1. The zero-order chi connectivity index (χ0) is 23.0. The number of rotatable bonds is 8. The van der Waals surface area contributed by atoms with Crippen molar-refractivity contribution < 1.29 is 29.3 Å². The van der Waals surface area contributed by atoms with Gasteiger partial charge in [-0.3, -0.25) is 10.1 Å². The number of ether oxygens (including phenoxy) is 1. The number of carboxylic acids is 1. The van der Waals surface area contributed by atoms with Gasteiger partial charge in [0.15, 0.2) is 0 Å². The van der Waals surface area contributed by atoms with Crippen molar-refractivity contribution >= 4 is 49.8 Å². The van der Waals surface area contributed by atoms with Crippen molar-refractivity contribution in [3.05, 3.63) is 74.7 Å².